The molecule has 2 aromatic heterocycles. The highest BCUT2D eigenvalue weighted by molar-refractivity contribution is 5.74. The fourth-order valence-electron chi connectivity index (χ4n) is 4.56. The number of hydrogen-bond donors (Lipinski definition) is 1. The number of fused-ring (bicyclic) bond motifs is 1. The van der Waals surface area contributed by atoms with E-state index in [0.29, 0.717) is 6.61 Å². The molecule has 3 aromatic rings. The van der Waals surface area contributed by atoms with Crippen LogP contribution >= 0.6 is 0 Å². The van der Waals surface area contributed by atoms with Crippen molar-refractivity contribution in [2.24, 2.45) is 0 Å². The van der Waals surface area contributed by atoms with Crippen LogP contribution in [0.3, 0.4) is 0 Å². The van der Waals surface area contributed by atoms with Crippen LogP contribution < -0.4 is 10.9 Å². The molecule has 0 spiro atoms. The second-order valence-electron chi connectivity index (χ2n) is 9.50. The highest BCUT2D eigenvalue weighted by Crippen LogP contribution is 2.30. The molecule has 0 saturated carbocycles. The molecule has 1 aromatic carbocycles. The highest BCUT2D eigenvalue weighted by atomic mass is 16.5. The Hall–Kier alpha value is -3.48. The van der Waals surface area contributed by atoms with Crippen molar-refractivity contribution in [2.75, 3.05) is 31.6 Å². The molecule has 0 radical (unpaired) electrons. The van der Waals surface area contributed by atoms with Crippen LogP contribution in [-0.4, -0.2) is 46.4 Å². The number of ether oxygens (including phenoxy) is 1. The summed E-state index contributed by atoms with van der Waals surface area (Å²) in [5.74, 6) is 0. The van der Waals surface area contributed by atoms with Crippen molar-refractivity contribution >= 4 is 23.9 Å². The maximum atomic E-state index is 12.9. The Morgan fingerprint density at radius 2 is 1.97 bits per heavy atom. The van der Waals surface area contributed by atoms with E-state index in [4.69, 9.17) is 4.74 Å². The largest absolute Gasteiger partial charge is 0.354 e. The first-order valence-corrected chi connectivity index (χ1v) is 12.3. The van der Waals surface area contributed by atoms with Gasteiger partial charge in [-0.15, -0.1) is 0 Å². The lowest BCUT2D eigenvalue weighted by Gasteiger charge is -2.33. The van der Waals surface area contributed by atoms with Crippen molar-refractivity contribution in [1.82, 2.24) is 14.5 Å². The third-order valence-corrected chi connectivity index (χ3v) is 6.61. The van der Waals surface area contributed by atoms with Gasteiger partial charge in [0.25, 0.3) is 5.56 Å². The predicted octanol–water partition coefficient (Wildman–Crippen LogP) is 4.98. The fourth-order valence-corrected chi connectivity index (χ4v) is 4.56. The third-order valence-electron chi connectivity index (χ3n) is 6.61. The maximum absolute atomic E-state index is 12.9. The number of anilines is 1. The molecule has 1 unspecified atom stereocenters. The SMILES string of the molecule is Cc1ccc(/C=C/c2ccn(-c3ccc4c(c3)C=CC(C)(OCCN3CCCC3)N4)c(=O)c2)nc1. The maximum Gasteiger partial charge on any atom is 0.255 e. The van der Waals surface area contributed by atoms with Gasteiger partial charge in [-0.3, -0.25) is 14.3 Å². The average molecular weight is 469 g/mol. The summed E-state index contributed by atoms with van der Waals surface area (Å²) < 4.78 is 7.85. The van der Waals surface area contributed by atoms with Gasteiger partial charge in [-0.25, -0.2) is 0 Å². The van der Waals surface area contributed by atoms with E-state index in [0.717, 1.165) is 40.3 Å². The number of nitrogens with zero attached hydrogens (tertiary/aromatic N) is 3. The van der Waals surface area contributed by atoms with Gasteiger partial charge in [-0.05, 0) is 99.0 Å². The van der Waals surface area contributed by atoms with Crippen LogP contribution in [-0.2, 0) is 4.74 Å². The summed E-state index contributed by atoms with van der Waals surface area (Å²) >= 11 is 0. The quantitative estimate of drug-likeness (QED) is 0.530. The number of likely N-dealkylation sites (tertiary alicyclic amines) is 1. The first kappa shape index (κ1) is 23.3. The number of rotatable bonds is 7. The second kappa shape index (κ2) is 10.0. The summed E-state index contributed by atoms with van der Waals surface area (Å²) in [6, 6.07) is 13.6. The molecule has 1 fully saturated rings. The number of nitrogens with one attached hydrogen (secondary N) is 1. The van der Waals surface area contributed by atoms with Crippen molar-refractivity contribution in [1.29, 1.82) is 0 Å². The molecule has 4 heterocycles. The average Bonchev–Trinajstić information content (AvgIpc) is 3.37. The Morgan fingerprint density at radius 3 is 2.74 bits per heavy atom. The number of aryl methyl sites for hydroxylation is 1. The van der Waals surface area contributed by atoms with Gasteiger partial charge < -0.3 is 15.0 Å². The number of aromatic nitrogens is 2. The van der Waals surface area contributed by atoms with E-state index in [1.165, 1.54) is 25.9 Å². The van der Waals surface area contributed by atoms with Crippen LogP contribution in [0.4, 0.5) is 5.69 Å². The van der Waals surface area contributed by atoms with Crippen molar-refractivity contribution in [3.8, 4) is 5.69 Å². The minimum absolute atomic E-state index is 0.0770. The molecule has 5 rings (SSSR count). The van der Waals surface area contributed by atoms with E-state index in [9.17, 15) is 4.79 Å². The van der Waals surface area contributed by atoms with E-state index in [1.807, 2.05) is 74.8 Å². The standard InChI is InChI=1S/C29H32N4O2/c1-22-5-7-25(30-21-22)8-6-23-12-16-33(28(34)19-23)26-9-10-27-24(20-26)11-13-29(2,31-27)35-18-17-32-14-3-4-15-32/h5-13,16,19-21,31H,3-4,14-15,17-18H2,1-2H3/b8-6+. The minimum Gasteiger partial charge on any atom is -0.354 e. The predicted molar refractivity (Wildman–Crippen MR) is 143 cm³/mol. The lowest BCUT2D eigenvalue weighted by Crippen LogP contribution is -2.39. The van der Waals surface area contributed by atoms with Crippen molar-refractivity contribution in [2.45, 2.75) is 32.4 Å². The molecule has 1 saturated heterocycles. The van der Waals surface area contributed by atoms with Gasteiger partial charge in [0.1, 0.15) is 0 Å². The Bertz CT molecular complexity index is 1300. The molecule has 35 heavy (non-hydrogen) atoms. The first-order valence-electron chi connectivity index (χ1n) is 12.3. The molecule has 6 nitrogen and oxygen atoms in total. The van der Waals surface area contributed by atoms with Gasteiger partial charge in [0.15, 0.2) is 5.72 Å². The summed E-state index contributed by atoms with van der Waals surface area (Å²) in [6.45, 7) is 8.07. The molecule has 0 amide bonds. The molecule has 180 valence electrons. The summed E-state index contributed by atoms with van der Waals surface area (Å²) in [7, 11) is 0. The first-order chi connectivity index (χ1) is 17.0. The van der Waals surface area contributed by atoms with Crippen molar-refractivity contribution < 1.29 is 4.74 Å². The van der Waals surface area contributed by atoms with E-state index in [2.05, 4.69) is 27.4 Å². The van der Waals surface area contributed by atoms with Crippen LogP contribution in [0.15, 0.2) is 65.7 Å². The smallest absolute Gasteiger partial charge is 0.255 e. The lowest BCUT2D eigenvalue weighted by atomic mass is 10.0. The van der Waals surface area contributed by atoms with E-state index < -0.39 is 5.72 Å². The van der Waals surface area contributed by atoms with Crippen LogP contribution in [0, 0.1) is 6.92 Å². The Labute approximate surface area is 206 Å². The Balaban J connectivity index is 1.27. The molecular weight excluding hydrogens is 436 g/mol. The number of benzene rings is 1. The topological polar surface area (TPSA) is 59.4 Å². The summed E-state index contributed by atoms with van der Waals surface area (Å²) in [5, 5.41) is 3.51. The third kappa shape index (κ3) is 5.61. The van der Waals surface area contributed by atoms with Crippen LogP contribution in [0.5, 0.6) is 0 Å². The van der Waals surface area contributed by atoms with Crippen molar-refractivity contribution in [3.63, 3.8) is 0 Å². The summed E-state index contributed by atoms with van der Waals surface area (Å²) in [6.07, 6.45) is 14.2. The monoisotopic (exact) mass is 468 g/mol. The Morgan fingerprint density at radius 1 is 1.11 bits per heavy atom. The minimum atomic E-state index is -0.536. The highest BCUT2D eigenvalue weighted by Gasteiger charge is 2.26. The van der Waals surface area contributed by atoms with Crippen LogP contribution in [0.1, 0.15) is 42.1 Å². The Kier molecular flexibility index (Phi) is 6.66. The molecule has 1 N–H and O–H groups in total. The van der Waals surface area contributed by atoms with E-state index in [1.54, 1.807) is 10.6 Å². The zero-order valence-electron chi connectivity index (χ0n) is 20.4. The second-order valence-corrected chi connectivity index (χ2v) is 9.50. The van der Waals surface area contributed by atoms with Crippen LogP contribution in [0.2, 0.25) is 0 Å². The fraction of sp³-hybridized carbons (Fsp3) is 0.310. The molecule has 0 aliphatic carbocycles. The molecule has 2 aliphatic heterocycles. The molecular formula is C29H32N4O2. The summed E-state index contributed by atoms with van der Waals surface area (Å²) in [4.78, 5) is 19.7. The van der Waals surface area contributed by atoms with Gasteiger partial charge in [-0.2, -0.15) is 0 Å². The van der Waals surface area contributed by atoms with E-state index >= 15 is 0 Å². The van der Waals surface area contributed by atoms with Crippen molar-refractivity contribution in [3.05, 3.63) is 93.7 Å². The molecule has 6 heteroatoms. The van der Waals surface area contributed by atoms with E-state index in [-0.39, 0.29) is 5.56 Å². The number of hydrogen-bond acceptors (Lipinski definition) is 5. The number of pyridine rings is 2. The molecule has 1 atom stereocenters. The van der Waals surface area contributed by atoms with Gasteiger partial charge in [0.05, 0.1) is 12.3 Å². The summed E-state index contributed by atoms with van der Waals surface area (Å²) in [5.41, 5.74) is 5.07. The molecule has 2 aliphatic rings. The van der Waals surface area contributed by atoms with Gasteiger partial charge >= 0.3 is 0 Å². The van der Waals surface area contributed by atoms with Gasteiger partial charge in [-0.1, -0.05) is 18.2 Å². The normalized spacial score (nSPS) is 19.7. The molecule has 0 bridgehead atoms. The zero-order valence-corrected chi connectivity index (χ0v) is 20.4. The van der Waals surface area contributed by atoms with Crippen LogP contribution in [0.25, 0.3) is 23.9 Å². The zero-order chi connectivity index (χ0) is 24.3. The van der Waals surface area contributed by atoms with Gasteiger partial charge in [0, 0.05) is 36.4 Å². The van der Waals surface area contributed by atoms with Gasteiger partial charge in [0.2, 0.25) is 0 Å². The lowest BCUT2D eigenvalue weighted by molar-refractivity contribution is 0.0163.